The van der Waals surface area contributed by atoms with Gasteiger partial charge in [-0.1, -0.05) is 5.16 Å². The molecule has 168 valence electrons. The number of hydrazone groups is 1. The molecule has 1 N–H and O–H groups in total. The lowest BCUT2D eigenvalue weighted by atomic mass is 10.0. The number of methoxy groups -OCH3 is 3. The van der Waals surface area contributed by atoms with Crippen molar-refractivity contribution in [1.29, 1.82) is 0 Å². The van der Waals surface area contributed by atoms with E-state index in [-0.39, 0.29) is 18.6 Å². The Morgan fingerprint density at radius 2 is 1.94 bits per heavy atom. The number of hydrogen-bond donors (Lipinski definition) is 1. The third-order valence-electron chi connectivity index (χ3n) is 5.00. The fourth-order valence-electron chi connectivity index (χ4n) is 3.43. The maximum Gasteiger partial charge on any atom is 0.289 e. The molecule has 0 fully saturated rings. The summed E-state index contributed by atoms with van der Waals surface area (Å²) in [6, 6.07) is 9.08. The number of nitrogens with one attached hydrogen (secondary N) is 1. The van der Waals surface area contributed by atoms with Crippen molar-refractivity contribution in [2.45, 2.75) is 18.9 Å². The van der Waals surface area contributed by atoms with Gasteiger partial charge in [0.15, 0.2) is 11.5 Å². The Bertz CT molecular complexity index is 1050. The molecule has 0 saturated heterocycles. The molecule has 0 bridgehead atoms. The van der Waals surface area contributed by atoms with Crippen molar-refractivity contribution < 1.29 is 33.3 Å². The van der Waals surface area contributed by atoms with Gasteiger partial charge in [0.2, 0.25) is 18.3 Å². The molecule has 2 heterocycles. The molecular formula is C22H23N3O7. The lowest BCUT2D eigenvalue weighted by Gasteiger charge is -2.15. The molecule has 0 unspecified atom stereocenters. The van der Waals surface area contributed by atoms with Crippen molar-refractivity contribution in [3.05, 3.63) is 41.5 Å². The Hall–Kier alpha value is -3.95. The third-order valence-corrected chi connectivity index (χ3v) is 5.00. The molecular weight excluding hydrogens is 418 g/mol. The second-order valence-electron chi connectivity index (χ2n) is 6.98. The van der Waals surface area contributed by atoms with Gasteiger partial charge in [0.25, 0.3) is 5.91 Å². The summed E-state index contributed by atoms with van der Waals surface area (Å²) in [7, 11) is 4.71. The maximum atomic E-state index is 12.4. The van der Waals surface area contributed by atoms with E-state index in [9.17, 15) is 4.79 Å². The van der Waals surface area contributed by atoms with Crippen LogP contribution in [0.1, 0.15) is 17.5 Å². The highest BCUT2D eigenvalue weighted by atomic mass is 16.7. The summed E-state index contributed by atoms with van der Waals surface area (Å²) in [4.78, 5) is 17.8. The van der Waals surface area contributed by atoms with Crippen LogP contribution in [-0.2, 0) is 16.1 Å². The summed E-state index contributed by atoms with van der Waals surface area (Å²) in [5.41, 5.74) is 4.34. The highest BCUT2D eigenvalue weighted by molar-refractivity contribution is 6.39. The van der Waals surface area contributed by atoms with Crippen molar-refractivity contribution in [3.63, 3.8) is 0 Å². The molecule has 4 rings (SSSR count). The van der Waals surface area contributed by atoms with Crippen LogP contribution in [-0.4, -0.2) is 52.1 Å². The number of amides is 1. The highest BCUT2D eigenvalue weighted by Gasteiger charge is 2.31. The van der Waals surface area contributed by atoms with Crippen LogP contribution in [0, 0.1) is 0 Å². The Labute approximate surface area is 184 Å². The third kappa shape index (κ3) is 4.39. The lowest BCUT2D eigenvalue weighted by Crippen LogP contribution is -2.27. The molecule has 0 spiro atoms. The van der Waals surface area contributed by atoms with Crippen molar-refractivity contribution in [3.8, 4) is 28.7 Å². The van der Waals surface area contributed by atoms with Crippen LogP contribution in [0.25, 0.3) is 0 Å². The first-order chi connectivity index (χ1) is 15.6. The quantitative estimate of drug-likeness (QED) is 0.494. The first-order valence-electron chi connectivity index (χ1n) is 9.86. The van der Waals surface area contributed by atoms with E-state index in [0.29, 0.717) is 35.8 Å². The number of rotatable bonds is 8. The van der Waals surface area contributed by atoms with Crippen molar-refractivity contribution in [1.82, 2.24) is 5.43 Å². The molecule has 2 aromatic rings. The lowest BCUT2D eigenvalue weighted by molar-refractivity contribution is -0.114. The number of carbonyl (C=O) groups excluding carboxylic acids is 1. The fraction of sp³-hybridized carbons (Fsp3) is 0.318. The van der Waals surface area contributed by atoms with Crippen LogP contribution in [0.4, 0.5) is 0 Å². The van der Waals surface area contributed by atoms with Gasteiger partial charge >= 0.3 is 0 Å². The molecule has 2 aliphatic heterocycles. The van der Waals surface area contributed by atoms with Crippen LogP contribution in [0.15, 0.2) is 40.6 Å². The van der Waals surface area contributed by atoms with Crippen LogP contribution in [0.5, 0.6) is 28.7 Å². The topological polar surface area (TPSA) is 109 Å². The molecule has 10 heteroatoms. The van der Waals surface area contributed by atoms with E-state index < -0.39 is 5.91 Å². The molecule has 1 atom stereocenters. The minimum absolute atomic E-state index is 0.0932. The molecule has 2 aromatic carbocycles. The number of ether oxygens (including phenoxy) is 5. The predicted molar refractivity (Wildman–Crippen MR) is 115 cm³/mol. The number of hydrogen-bond acceptors (Lipinski definition) is 9. The predicted octanol–water partition coefficient (Wildman–Crippen LogP) is 2.28. The monoisotopic (exact) mass is 441 g/mol. The average molecular weight is 441 g/mol. The Morgan fingerprint density at radius 1 is 1.16 bits per heavy atom. The molecule has 0 saturated carbocycles. The smallest absolute Gasteiger partial charge is 0.289 e. The summed E-state index contributed by atoms with van der Waals surface area (Å²) in [6.45, 7) is 0.0932. The number of benzene rings is 2. The van der Waals surface area contributed by atoms with Gasteiger partial charge in [-0.05, 0) is 35.9 Å². The summed E-state index contributed by atoms with van der Waals surface area (Å²) >= 11 is 0. The maximum absolute atomic E-state index is 12.4. The zero-order chi connectivity index (χ0) is 22.5. The van der Waals surface area contributed by atoms with Crippen LogP contribution in [0.2, 0.25) is 0 Å². The minimum atomic E-state index is -0.424. The zero-order valence-corrected chi connectivity index (χ0v) is 17.9. The SMILES string of the molecule is COc1ccc(/C=N\NC(=O)C2=NO[C@H](Cc3cc(OC)c4c(c3OC)OCO4)C2)cc1. The highest BCUT2D eigenvalue weighted by Crippen LogP contribution is 2.49. The summed E-state index contributed by atoms with van der Waals surface area (Å²) in [6.07, 6.45) is 1.95. The first-order valence-corrected chi connectivity index (χ1v) is 9.86. The van der Waals surface area contributed by atoms with E-state index in [1.54, 1.807) is 21.3 Å². The van der Waals surface area contributed by atoms with Gasteiger partial charge in [0.05, 0.1) is 27.5 Å². The van der Waals surface area contributed by atoms with E-state index in [1.165, 1.54) is 6.21 Å². The Morgan fingerprint density at radius 3 is 2.66 bits per heavy atom. The van der Waals surface area contributed by atoms with E-state index in [4.69, 9.17) is 28.5 Å². The van der Waals surface area contributed by atoms with Gasteiger partial charge in [0.1, 0.15) is 17.6 Å². The van der Waals surface area contributed by atoms with Crippen molar-refractivity contribution >= 4 is 17.8 Å². The standard InChI is InChI=1S/C22H23N3O7/c1-27-15-6-4-13(5-7-15)11-23-24-22(26)17-10-16(32-25-17)8-14-9-18(28-2)20-21(19(14)29-3)31-12-30-20/h4-7,9,11,16H,8,10,12H2,1-3H3,(H,24,26)/b23-11-/t16-/m1/s1. The van der Waals surface area contributed by atoms with Crippen LogP contribution in [0.3, 0.4) is 0 Å². The minimum Gasteiger partial charge on any atom is -0.497 e. The molecule has 0 radical (unpaired) electrons. The van der Waals surface area contributed by atoms with Gasteiger partial charge in [-0.3, -0.25) is 4.79 Å². The van der Waals surface area contributed by atoms with E-state index in [1.807, 2.05) is 30.3 Å². The summed E-state index contributed by atoms with van der Waals surface area (Å²) < 4.78 is 27.0. The van der Waals surface area contributed by atoms with Gasteiger partial charge in [-0.15, -0.1) is 0 Å². The Kier molecular flexibility index (Phi) is 6.29. The molecule has 32 heavy (non-hydrogen) atoms. The summed E-state index contributed by atoms with van der Waals surface area (Å²) in [5.74, 6) is 2.40. The van der Waals surface area contributed by atoms with Crippen molar-refractivity contribution in [2.75, 3.05) is 28.1 Å². The zero-order valence-electron chi connectivity index (χ0n) is 17.9. The Balaban J connectivity index is 1.36. The number of fused-ring (bicyclic) bond motifs is 1. The summed E-state index contributed by atoms with van der Waals surface area (Å²) in [5, 5.41) is 7.89. The fourth-order valence-corrected chi connectivity index (χ4v) is 3.43. The van der Waals surface area contributed by atoms with E-state index >= 15 is 0 Å². The van der Waals surface area contributed by atoms with Gasteiger partial charge in [0, 0.05) is 18.4 Å². The van der Waals surface area contributed by atoms with Crippen molar-refractivity contribution in [2.24, 2.45) is 10.3 Å². The van der Waals surface area contributed by atoms with Gasteiger partial charge in [-0.2, -0.15) is 5.10 Å². The number of nitrogens with zero attached hydrogens (tertiary/aromatic N) is 2. The molecule has 2 aliphatic rings. The molecule has 10 nitrogen and oxygen atoms in total. The number of carbonyl (C=O) groups is 1. The number of oxime groups is 1. The second kappa shape index (κ2) is 9.46. The van der Waals surface area contributed by atoms with Crippen LogP contribution >= 0.6 is 0 Å². The largest absolute Gasteiger partial charge is 0.497 e. The molecule has 0 aliphatic carbocycles. The van der Waals surface area contributed by atoms with E-state index in [2.05, 4.69) is 15.7 Å². The van der Waals surface area contributed by atoms with Gasteiger partial charge in [-0.25, -0.2) is 5.43 Å². The normalized spacial score (nSPS) is 16.5. The average Bonchev–Trinajstić information content (AvgIpc) is 3.49. The van der Waals surface area contributed by atoms with E-state index in [0.717, 1.165) is 16.9 Å². The first kappa shape index (κ1) is 21.3. The molecule has 0 aromatic heterocycles. The van der Waals surface area contributed by atoms with Gasteiger partial charge < -0.3 is 28.5 Å². The second-order valence-corrected chi connectivity index (χ2v) is 6.98. The molecule has 1 amide bonds. The van der Waals surface area contributed by atoms with Crippen LogP contribution < -0.4 is 29.1 Å².